The average molecular weight is 545 g/mol. The van der Waals surface area contributed by atoms with Crippen LogP contribution in [0.25, 0.3) is 0 Å². The number of ether oxygens (including phenoxy) is 2. The normalized spacial score (nSPS) is 16.2. The number of sulfone groups is 1. The van der Waals surface area contributed by atoms with E-state index in [0.29, 0.717) is 4.90 Å². The number of rotatable bonds is 10. The molecule has 1 fully saturated rings. The third kappa shape index (κ3) is 6.68. The van der Waals surface area contributed by atoms with Gasteiger partial charge in [-0.2, -0.15) is 0 Å². The molecule has 200 valence electrons. The molecule has 1 unspecified atom stereocenters. The highest BCUT2D eigenvalue weighted by molar-refractivity contribution is 7.91. The van der Waals surface area contributed by atoms with E-state index in [-0.39, 0.29) is 27.9 Å². The van der Waals surface area contributed by atoms with E-state index in [4.69, 9.17) is 4.74 Å². The minimum atomic E-state index is -4.89. The maximum Gasteiger partial charge on any atom is 0.573 e. The third-order valence-electron chi connectivity index (χ3n) is 5.20. The van der Waals surface area contributed by atoms with E-state index in [1.807, 2.05) is 0 Å². The fourth-order valence-corrected chi connectivity index (χ4v) is 5.11. The van der Waals surface area contributed by atoms with Gasteiger partial charge in [-0.3, -0.25) is 19.7 Å². The van der Waals surface area contributed by atoms with E-state index < -0.39 is 57.8 Å². The summed E-state index contributed by atoms with van der Waals surface area (Å²) in [6, 6.07) is 7.17. The standard InChI is InChI=1S/C22H22F3N3O8S/c1-21(2)19(30)27(20(31)26-21)11-14(28(32)13-29)12-37(33,34)18-6-4-3-5-17(18)35-15-7-9-16(10-8-15)36-22(23,24)25/h3-10,13-14,32H,11-12H2,1-2H3,(H,26,31). The molecule has 0 radical (unpaired) electrons. The van der Waals surface area contributed by atoms with Crippen molar-refractivity contribution in [1.29, 1.82) is 0 Å². The Balaban J connectivity index is 1.84. The van der Waals surface area contributed by atoms with Gasteiger partial charge in [-0.05, 0) is 50.2 Å². The van der Waals surface area contributed by atoms with Gasteiger partial charge >= 0.3 is 12.4 Å². The fourth-order valence-electron chi connectivity index (χ4n) is 3.46. The van der Waals surface area contributed by atoms with Gasteiger partial charge in [-0.1, -0.05) is 12.1 Å². The largest absolute Gasteiger partial charge is 0.573 e. The van der Waals surface area contributed by atoms with Gasteiger partial charge in [0.05, 0.1) is 18.3 Å². The number of benzene rings is 2. The van der Waals surface area contributed by atoms with Crippen molar-refractivity contribution in [2.75, 3.05) is 12.3 Å². The number of halogens is 3. The van der Waals surface area contributed by atoms with Gasteiger partial charge in [-0.15, -0.1) is 13.2 Å². The van der Waals surface area contributed by atoms with Crippen LogP contribution < -0.4 is 14.8 Å². The van der Waals surface area contributed by atoms with E-state index in [9.17, 15) is 41.2 Å². The molecule has 0 saturated carbocycles. The number of hydrogen-bond acceptors (Lipinski definition) is 8. The van der Waals surface area contributed by atoms with Crippen LogP contribution in [0, 0.1) is 0 Å². The maximum absolute atomic E-state index is 13.3. The van der Waals surface area contributed by atoms with Crippen LogP contribution in [0.1, 0.15) is 13.8 Å². The Morgan fingerprint density at radius 3 is 2.24 bits per heavy atom. The zero-order valence-corrected chi connectivity index (χ0v) is 20.2. The lowest BCUT2D eigenvalue weighted by molar-refractivity contribution is -0.274. The maximum atomic E-state index is 13.3. The lowest BCUT2D eigenvalue weighted by atomic mass is 10.1. The fraction of sp³-hybridized carbons (Fsp3) is 0.318. The zero-order valence-electron chi connectivity index (χ0n) is 19.4. The lowest BCUT2D eigenvalue weighted by Crippen LogP contribution is -2.48. The van der Waals surface area contributed by atoms with Crippen LogP contribution in [0.5, 0.6) is 17.2 Å². The summed E-state index contributed by atoms with van der Waals surface area (Å²) in [4.78, 5) is 36.2. The molecule has 2 aromatic rings. The molecular formula is C22H22F3N3O8S. The number of imide groups is 1. The zero-order chi connectivity index (χ0) is 27.6. The predicted molar refractivity (Wildman–Crippen MR) is 119 cm³/mol. The molecule has 1 aliphatic rings. The number of hydrogen-bond donors (Lipinski definition) is 2. The number of hydroxylamine groups is 2. The number of urea groups is 1. The molecular weight excluding hydrogens is 523 g/mol. The van der Waals surface area contributed by atoms with Crippen LogP contribution in [-0.2, 0) is 19.4 Å². The number of amides is 4. The summed E-state index contributed by atoms with van der Waals surface area (Å²) >= 11 is 0. The minimum Gasteiger partial charge on any atom is -0.456 e. The first kappa shape index (κ1) is 27.7. The molecule has 1 atom stereocenters. The third-order valence-corrected chi connectivity index (χ3v) is 7.03. The molecule has 11 nitrogen and oxygen atoms in total. The first-order valence-corrected chi connectivity index (χ1v) is 12.2. The molecule has 0 aliphatic carbocycles. The summed E-state index contributed by atoms with van der Waals surface area (Å²) in [7, 11) is -4.33. The van der Waals surface area contributed by atoms with Gasteiger partial charge in [0.15, 0.2) is 9.84 Å². The van der Waals surface area contributed by atoms with Gasteiger partial charge in [0.25, 0.3) is 5.91 Å². The highest BCUT2D eigenvalue weighted by Crippen LogP contribution is 2.32. The molecule has 1 heterocycles. The predicted octanol–water partition coefficient (Wildman–Crippen LogP) is 2.70. The molecule has 1 saturated heterocycles. The average Bonchev–Trinajstić information content (AvgIpc) is 2.99. The van der Waals surface area contributed by atoms with Crippen molar-refractivity contribution in [3.05, 3.63) is 48.5 Å². The van der Waals surface area contributed by atoms with Crippen LogP contribution in [0.4, 0.5) is 18.0 Å². The van der Waals surface area contributed by atoms with Crippen molar-refractivity contribution in [3.8, 4) is 17.2 Å². The number of para-hydroxylation sites is 1. The monoisotopic (exact) mass is 545 g/mol. The first-order chi connectivity index (χ1) is 17.1. The highest BCUT2D eigenvalue weighted by Gasteiger charge is 2.46. The molecule has 4 amide bonds. The van der Waals surface area contributed by atoms with Crippen molar-refractivity contribution in [1.82, 2.24) is 15.3 Å². The van der Waals surface area contributed by atoms with Gasteiger partial charge in [0.1, 0.15) is 27.7 Å². The SMILES string of the molecule is CC1(C)NC(=O)N(CC(CS(=O)(=O)c2ccccc2Oc2ccc(OC(F)(F)F)cc2)N(O)C=O)C1=O. The van der Waals surface area contributed by atoms with Crippen molar-refractivity contribution in [2.45, 2.75) is 36.7 Å². The summed E-state index contributed by atoms with van der Waals surface area (Å²) in [5, 5.41) is 12.5. The van der Waals surface area contributed by atoms with Gasteiger partial charge in [0.2, 0.25) is 6.41 Å². The molecule has 1 aliphatic heterocycles. The Labute approximate surface area is 209 Å². The van der Waals surface area contributed by atoms with Crippen molar-refractivity contribution < 1.29 is 50.7 Å². The summed E-state index contributed by atoms with van der Waals surface area (Å²) < 4.78 is 73.0. The number of carbonyl (C=O) groups is 3. The van der Waals surface area contributed by atoms with Crippen LogP contribution in [-0.4, -0.2) is 72.2 Å². The number of carbonyl (C=O) groups excluding carboxylic acids is 3. The summed E-state index contributed by atoms with van der Waals surface area (Å²) in [6.45, 7) is 2.25. The van der Waals surface area contributed by atoms with Gasteiger partial charge < -0.3 is 14.8 Å². The van der Waals surface area contributed by atoms with E-state index in [2.05, 4.69) is 10.1 Å². The molecule has 37 heavy (non-hydrogen) atoms. The Hall–Kier alpha value is -3.85. The Morgan fingerprint density at radius 2 is 1.70 bits per heavy atom. The summed E-state index contributed by atoms with van der Waals surface area (Å²) in [5.41, 5.74) is -1.26. The molecule has 15 heteroatoms. The van der Waals surface area contributed by atoms with Crippen LogP contribution in [0.15, 0.2) is 53.4 Å². The number of nitrogens with one attached hydrogen (secondary N) is 1. The Kier molecular flexibility index (Phi) is 7.69. The van der Waals surface area contributed by atoms with Crippen LogP contribution >= 0.6 is 0 Å². The van der Waals surface area contributed by atoms with Crippen LogP contribution in [0.2, 0.25) is 0 Å². The Bertz CT molecular complexity index is 1280. The summed E-state index contributed by atoms with van der Waals surface area (Å²) in [6.07, 6.45) is -4.95. The van der Waals surface area contributed by atoms with Gasteiger partial charge in [0, 0.05) is 0 Å². The smallest absolute Gasteiger partial charge is 0.456 e. The van der Waals surface area contributed by atoms with E-state index in [0.717, 1.165) is 24.3 Å². The van der Waals surface area contributed by atoms with Crippen LogP contribution in [0.3, 0.4) is 0 Å². The first-order valence-electron chi connectivity index (χ1n) is 10.5. The quantitative estimate of drug-likeness (QED) is 0.201. The molecule has 2 N–H and O–H groups in total. The Morgan fingerprint density at radius 1 is 1.11 bits per heavy atom. The number of alkyl halides is 3. The molecule has 2 aromatic carbocycles. The lowest BCUT2D eigenvalue weighted by Gasteiger charge is -2.26. The molecule has 0 bridgehead atoms. The van der Waals surface area contributed by atoms with Crippen molar-refractivity contribution in [2.24, 2.45) is 0 Å². The summed E-state index contributed by atoms with van der Waals surface area (Å²) in [5.74, 6) is -2.30. The topological polar surface area (TPSA) is 143 Å². The van der Waals surface area contributed by atoms with Gasteiger partial charge in [-0.25, -0.2) is 18.3 Å². The molecule has 0 spiro atoms. The molecule has 0 aromatic heterocycles. The van der Waals surface area contributed by atoms with E-state index in [1.165, 1.54) is 38.1 Å². The minimum absolute atomic E-state index is 0.00744. The second-order valence-electron chi connectivity index (χ2n) is 8.46. The molecule has 3 rings (SSSR count). The second kappa shape index (κ2) is 10.3. The second-order valence-corrected chi connectivity index (χ2v) is 10.5. The highest BCUT2D eigenvalue weighted by atomic mass is 32.2. The van der Waals surface area contributed by atoms with Crippen molar-refractivity contribution >= 4 is 28.2 Å². The number of nitrogens with zero attached hydrogens (tertiary/aromatic N) is 2. The van der Waals surface area contributed by atoms with Crippen molar-refractivity contribution in [3.63, 3.8) is 0 Å². The van der Waals surface area contributed by atoms with E-state index in [1.54, 1.807) is 0 Å². The van der Waals surface area contributed by atoms with E-state index >= 15 is 0 Å².